The van der Waals surface area contributed by atoms with Gasteiger partial charge in [0.1, 0.15) is 5.82 Å². The molecule has 1 fully saturated rings. The number of rotatable bonds is 4. The molecule has 1 heterocycles. The SMILES string of the molecule is COC(=O)c1ccc(F)cc1S(=O)(=O)N1CCC(C(=O)O)CC1. The third-order valence-corrected chi connectivity index (χ3v) is 5.71. The molecule has 0 radical (unpaired) electrons. The third kappa shape index (κ3) is 3.50. The Morgan fingerprint density at radius 1 is 1.30 bits per heavy atom. The molecule has 1 aliphatic rings. The van der Waals surface area contributed by atoms with Crippen LogP contribution in [-0.2, 0) is 19.6 Å². The van der Waals surface area contributed by atoms with Crippen LogP contribution in [0.25, 0.3) is 0 Å². The molecular weight excluding hydrogens is 329 g/mol. The number of ether oxygens (including phenoxy) is 1. The molecule has 0 bridgehead atoms. The van der Waals surface area contributed by atoms with Gasteiger partial charge in [0.05, 0.1) is 23.5 Å². The number of benzene rings is 1. The molecule has 0 unspecified atom stereocenters. The van der Waals surface area contributed by atoms with Crippen LogP contribution in [0, 0.1) is 11.7 Å². The Kier molecular flexibility index (Phi) is 5.00. The maximum Gasteiger partial charge on any atom is 0.339 e. The van der Waals surface area contributed by atoms with Crippen molar-refractivity contribution in [1.82, 2.24) is 4.31 Å². The summed E-state index contributed by atoms with van der Waals surface area (Å²) in [5.74, 6) is -3.25. The molecule has 126 valence electrons. The van der Waals surface area contributed by atoms with Gasteiger partial charge < -0.3 is 9.84 Å². The van der Waals surface area contributed by atoms with E-state index in [1.165, 1.54) is 0 Å². The molecule has 23 heavy (non-hydrogen) atoms. The summed E-state index contributed by atoms with van der Waals surface area (Å²) in [5, 5.41) is 8.95. The van der Waals surface area contributed by atoms with E-state index in [4.69, 9.17) is 5.11 Å². The van der Waals surface area contributed by atoms with Crippen LogP contribution in [0.5, 0.6) is 0 Å². The second kappa shape index (κ2) is 6.63. The van der Waals surface area contributed by atoms with E-state index in [1.807, 2.05) is 0 Å². The number of hydrogen-bond acceptors (Lipinski definition) is 5. The Labute approximate surface area is 132 Å². The normalized spacial score (nSPS) is 17.0. The Morgan fingerprint density at radius 2 is 1.91 bits per heavy atom. The summed E-state index contributed by atoms with van der Waals surface area (Å²) in [6.45, 7) is -0.00709. The summed E-state index contributed by atoms with van der Waals surface area (Å²) in [6, 6.07) is 2.80. The van der Waals surface area contributed by atoms with Crippen molar-refractivity contribution in [3.8, 4) is 0 Å². The van der Waals surface area contributed by atoms with Gasteiger partial charge in [0.25, 0.3) is 0 Å². The number of esters is 1. The molecule has 0 saturated carbocycles. The van der Waals surface area contributed by atoms with Gasteiger partial charge in [-0.25, -0.2) is 17.6 Å². The monoisotopic (exact) mass is 345 g/mol. The third-order valence-electron chi connectivity index (χ3n) is 3.77. The number of carbonyl (C=O) groups excluding carboxylic acids is 1. The number of halogens is 1. The van der Waals surface area contributed by atoms with Crippen molar-refractivity contribution < 1.29 is 32.2 Å². The first kappa shape index (κ1) is 17.4. The van der Waals surface area contributed by atoms with Crippen LogP contribution in [0.1, 0.15) is 23.2 Å². The first-order valence-electron chi connectivity index (χ1n) is 6.88. The van der Waals surface area contributed by atoms with Gasteiger partial charge in [-0.1, -0.05) is 0 Å². The van der Waals surface area contributed by atoms with Gasteiger partial charge in [-0.15, -0.1) is 0 Å². The Morgan fingerprint density at radius 3 is 2.43 bits per heavy atom. The Hall–Kier alpha value is -2.00. The lowest BCUT2D eigenvalue weighted by atomic mass is 9.99. The van der Waals surface area contributed by atoms with Crippen molar-refractivity contribution >= 4 is 22.0 Å². The molecule has 2 rings (SSSR count). The highest BCUT2D eigenvalue weighted by molar-refractivity contribution is 7.89. The highest BCUT2D eigenvalue weighted by atomic mass is 32.2. The molecule has 1 aromatic carbocycles. The molecular formula is C14H16FNO6S. The minimum absolute atomic E-state index is 0.00355. The molecule has 1 aliphatic heterocycles. The zero-order valence-electron chi connectivity index (χ0n) is 12.4. The standard InChI is InChI=1S/C14H16FNO6S/c1-22-14(19)11-3-2-10(15)8-12(11)23(20,21)16-6-4-9(5-7-16)13(17)18/h2-3,8-9H,4-7H2,1H3,(H,17,18). The van der Waals surface area contributed by atoms with Gasteiger partial charge in [-0.3, -0.25) is 4.79 Å². The number of carboxylic acid groups (broad SMARTS) is 1. The van der Waals surface area contributed by atoms with E-state index in [0.29, 0.717) is 0 Å². The summed E-state index contributed by atoms with van der Waals surface area (Å²) in [7, 11) is -3.02. The number of aliphatic carboxylic acids is 1. The zero-order chi connectivity index (χ0) is 17.2. The fourth-order valence-corrected chi connectivity index (χ4v) is 4.13. The average Bonchev–Trinajstić information content (AvgIpc) is 2.54. The van der Waals surface area contributed by atoms with Gasteiger partial charge in [0, 0.05) is 13.1 Å². The summed E-state index contributed by atoms with van der Waals surface area (Å²) in [6.07, 6.45) is 0.328. The fourth-order valence-electron chi connectivity index (χ4n) is 2.47. The van der Waals surface area contributed by atoms with Crippen LogP contribution in [0.2, 0.25) is 0 Å². The van der Waals surface area contributed by atoms with E-state index in [0.717, 1.165) is 29.6 Å². The van der Waals surface area contributed by atoms with Gasteiger partial charge in [0.2, 0.25) is 10.0 Å². The maximum atomic E-state index is 13.5. The van der Waals surface area contributed by atoms with Crippen molar-refractivity contribution in [1.29, 1.82) is 0 Å². The number of piperidine rings is 1. The van der Waals surface area contributed by atoms with Gasteiger partial charge in [-0.2, -0.15) is 4.31 Å². The number of carboxylic acids is 1. The molecule has 0 atom stereocenters. The molecule has 1 aromatic rings. The van der Waals surface area contributed by atoms with Gasteiger partial charge in [0.15, 0.2) is 0 Å². The molecule has 0 spiro atoms. The minimum Gasteiger partial charge on any atom is -0.481 e. The Balaban J connectivity index is 2.35. The lowest BCUT2D eigenvalue weighted by Gasteiger charge is -2.29. The molecule has 1 saturated heterocycles. The molecule has 9 heteroatoms. The quantitative estimate of drug-likeness (QED) is 0.820. The van der Waals surface area contributed by atoms with Crippen molar-refractivity contribution in [3.05, 3.63) is 29.6 Å². The summed E-state index contributed by atoms with van der Waals surface area (Å²) < 4.78 is 44.4. The van der Waals surface area contributed by atoms with Crippen LogP contribution < -0.4 is 0 Å². The summed E-state index contributed by atoms with van der Waals surface area (Å²) >= 11 is 0. The lowest BCUT2D eigenvalue weighted by molar-refractivity contribution is -0.142. The van der Waals surface area contributed by atoms with Crippen molar-refractivity contribution in [2.45, 2.75) is 17.7 Å². The molecule has 0 aromatic heterocycles. The van der Waals surface area contributed by atoms with E-state index in [9.17, 15) is 22.4 Å². The fraction of sp³-hybridized carbons (Fsp3) is 0.429. The minimum atomic E-state index is -4.12. The predicted molar refractivity (Wildman–Crippen MR) is 76.9 cm³/mol. The highest BCUT2D eigenvalue weighted by Gasteiger charge is 2.34. The van der Waals surface area contributed by atoms with E-state index < -0.39 is 38.6 Å². The lowest BCUT2D eigenvalue weighted by Crippen LogP contribution is -2.40. The number of carbonyl (C=O) groups is 2. The van der Waals surface area contributed by atoms with Crippen molar-refractivity contribution in [2.24, 2.45) is 5.92 Å². The first-order chi connectivity index (χ1) is 10.8. The van der Waals surface area contributed by atoms with Crippen LogP contribution in [-0.4, -0.2) is 50.0 Å². The number of hydrogen-bond donors (Lipinski definition) is 1. The largest absolute Gasteiger partial charge is 0.481 e. The predicted octanol–water partition coefficient (Wildman–Crippen LogP) is 1.10. The topological polar surface area (TPSA) is 101 Å². The molecule has 0 aliphatic carbocycles. The first-order valence-corrected chi connectivity index (χ1v) is 8.32. The summed E-state index contributed by atoms with van der Waals surface area (Å²) in [5.41, 5.74) is -0.255. The van der Waals surface area contributed by atoms with Gasteiger partial charge >= 0.3 is 11.9 Å². The van der Waals surface area contributed by atoms with Gasteiger partial charge in [-0.05, 0) is 31.0 Å². The van der Waals surface area contributed by atoms with Crippen LogP contribution in [0.3, 0.4) is 0 Å². The van der Waals surface area contributed by atoms with Crippen LogP contribution in [0.15, 0.2) is 23.1 Å². The van der Waals surface area contributed by atoms with E-state index in [1.54, 1.807) is 0 Å². The van der Waals surface area contributed by atoms with Crippen LogP contribution in [0.4, 0.5) is 4.39 Å². The van der Waals surface area contributed by atoms with Crippen molar-refractivity contribution in [3.63, 3.8) is 0 Å². The molecule has 1 N–H and O–H groups in total. The highest BCUT2D eigenvalue weighted by Crippen LogP contribution is 2.27. The van der Waals surface area contributed by atoms with Crippen molar-refractivity contribution in [2.75, 3.05) is 20.2 Å². The summed E-state index contributed by atoms with van der Waals surface area (Å²) in [4.78, 5) is 22.2. The number of sulfonamides is 1. The number of nitrogens with zero attached hydrogens (tertiary/aromatic N) is 1. The van der Waals surface area contributed by atoms with Crippen LogP contribution >= 0.6 is 0 Å². The van der Waals surface area contributed by atoms with E-state index in [2.05, 4.69) is 4.74 Å². The second-order valence-corrected chi connectivity index (χ2v) is 7.06. The van der Waals surface area contributed by atoms with E-state index in [-0.39, 0.29) is 31.5 Å². The Bertz CT molecular complexity index is 725. The zero-order valence-corrected chi connectivity index (χ0v) is 13.2. The van der Waals surface area contributed by atoms with E-state index >= 15 is 0 Å². The smallest absolute Gasteiger partial charge is 0.339 e. The molecule has 0 amide bonds. The molecule has 7 nitrogen and oxygen atoms in total. The average molecular weight is 345 g/mol. The maximum absolute atomic E-state index is 13.5. The second-order valence-electron chi connectivity index (χ2n) is 5.15. The number of methoxy groups -OCH3 is 1.